The number of benzene rings is 1. The molecule has 1 aromatic rings. The zero-order valence-corrected chi connectivity index (χ0v) is 12.1. The van der Waals surface area contributed by atoms with Gasteiger partial charge in [0.1, 0.15) is 0 Å². The van der Waals surface area contributed by atoms with Gasteiger partial charge >= 0.3 is 12.2 Å². The van der Waals surface area contributed by atoms with Crippen LogP contribution in [-0.4, -0.2) is 24.4 Å². The van der Waals surface area contributed by atoms with Crippen molar-refractivity contribution in [2.45, 2.75) is 39.9 Å². The second-order valence-corrected chi connectivity index (χ2v) is 4.67. The molecular formula is C14H20N2O4. The third-order valence-corrected chi connectivity index (χ3v) is 2.08. The number of carbonyl (C=O) groups excluding carboxylic acids is 2. The molecule has 2 amide bonds. The van der Waals surface area contributed by atoms with Crippen LogP contribution in [-0.2, 0) is 9.47 Å². The van der Waals surface area contributed by atoms with Gasteiger partial charge < -0.3 is 9.47 Å². The molecule has 0 bridgehead atoms. The molecule has 0 unspecified atom stereocenters. The number of rotatable bonds is 3. The van der Waals surface area contributed by atoms with Gasteiger partial charge in [-0.25, -0.2) is 15.0 Å². The van der Waals surface area contributed by atoms with Crippen molar-refractivity contribution in [1.29, 1.82) is 0 Å². The number of amides is 2. The zero-order valence-electron chi connectivity index (χ0n) is 12.1. The summed E-state index contributed by atoms with van der Waals surface area (Å²) in [5, 5.41) is 1.02. The fraction of sp³-hybridized carbons (Fsp3) is 0.429. The van der Waals surface area contributed by atoms with Crippen LogP contribution in [0.15, 0.2) is 30.3 Å². The Kier molecular flexibility index (Phi) is 5.83. The van der Waals surface area contributed by atoms with E-state index in [0.717, 1.165) is 5.01 Å². The summed E-state index contributed by atoms with van der Waals surface area (Å²) >= 11 is 0. The van der Waals surface area contributed by atoms with Gasteiger partial charge in [-0.05, 0) is 39.8 Å². The summed E-state index contributed by atoms with van der Waals surface area (Å²) in [4.78, 5) is 23.7. The summed E-state index contributed by atoms with van der Waals surface area (Å²) < 4.78 is 10.0. The van der Waals surface area contributed by atoms with Crippen LogP contribution in [0.2, 0.25) is 0 Å². The molecule has 0 aliphatic rings. The number of nitrogens with one attached hydrogen (secondary N) is 1. The Hall–Kier alpha value is -2.24. The fourth-order valence-corrected chi connectivity index (χ4v) is 1.38. The Labute approximate surface area is 118 Å². The number of para-hydroxylation sites is 1. The molecule has 0 radical (unpaired) electrons. The Morgan fingerprint density at radius 3 is 2.05 bits per heavy atom. The first kappa shape index (κ1) is 15.8. The highest BCUT2D eigenvalue weighted by atomic mass is 16.6. The van der Waals surface area contributed by atoms with Crippen LogP contribution in [0.25, 0.3) is 0 Å². The summed E-state index contributed by atoms with van der Waals surface area (Å²) in [5.74, 6) is 0. The minimum absolute atomic E-state index is 0.284. The van der Waals surface area contributed by atoms with E-state index in [9.17, 15) is 9.59 Å². The minimum Gasteiger partial charge on any atom is -0.446 e. The van der Waals surface area contributed by atoms with E-state index in [2.05, 4.69) is 5.43 Å². The number of hydrogen-bond acceptors (Lipinski definition) is 4. The smallest absolute Gasteiger partial charge is 0.433 e. The maximum absolute atomic E-state index is 12.0. The summed E-state index contributed by atoms with van der Waals surface area (Å²) in [6.45, 7) is 6.90. The molecule has 1 aromatic carbocycles. The largest absolute Gasteiger partial charge is 0.446 e. The standard InChI is InChI=1S/C14H20N2O4/c1-10(2)19-13(17)15-16(14(18)20-11(3)4)12-8-6-5-7-9-12/h5-11H,1-4H3,(H,15,17). The highest BCUT2D eigenvalue weighted by Gasteiger charge is 2.21. The van der Waals surface area contributed by atoms with Gasteiger partial charge in [0.05, 0.1) is 17.9 Å². The molecule has 20 heavy (non-hydrogen) atoms. The van der Waals surface area contributed by atoms with Crippen molar-refractivity contribution in [3.8, 4) is 0 Å². The number of ether oxygens (including phenoxy) is 2. The van der Waals surface area contributed by atoms with Crippen LogP contribution >= 0.6 is 0 Å². The average Bonchev–Trinajstić information content (AvgIpc) is 2.35. The molecule has 0 spiro atoms. The molecule has 0 saturated carbocycles. The first-order valence-corrected chi connectivity index (χ1v) is 6.43. The zero-order chi connectivity index (χ0) is 15.1. The molecule has 6 heteroatoms. The highest BCUT2D eigenvalue weighted by molar-refractivity contribution is 5.90. The second-order valence-electron chi connectivity index (χ2n) is 4.67. The molecule has 0 aliphatic heterocycles. The monoisotopic (exact) mass is 280 g/mol. The first-order chi connectivity index (χ1) is 9.40. The van der Waals surface area contributed by atoms with Crippen LogP contribution in [0.1, 0.15) is 27.7 Å². The number of nitrogens with zero attached hydrogens (tertiary/aromatic N) is 1. The maximum atomic E-state index is 12.0. The molecule has 110 valence electrons. The van der Waals surface area contributed by atoms with Gasteiger partial charge in [-0.2, -0.15) is 5.01 Å². The third-order valence-electron chi connectivity index (χ3n) is 2.08. The van der Waals surface area contributed by atoms with Crippen molar-refractivity contribution in [2.24, 2.45) is 0 Å². The van der Waals surface area contributed by atoms with Crippen molar-refractivity contribution < 1.29 is 19.1 Å². The van der Waals surface area contributed by atoms with Crippen LogP contribution in [0.3, 0.4) is 0 Å². The average molecular weight is 280 g/mol. The van der Waals surface area contributed by atoms with E-state index in [0.29, 0.717) is 5.69 Å². The maximum Gasteiger partial charge on any atom is 0.433 e. The SMILES string of the molecule is CC(C)OC(=O)NN(C(=O)OC(C)C)c1ccccc1. The van der Waals surface area contributed by atoms with E-state index in [1.165, 1.54) is 0 Å². The molecule has 1 rings (SSSR count). The molecule has 0 saturated heterocycles. The van der Waals surface area contributed by atoms with Crippen LogP contribution in [0.5, 0.6) is 0 Å². The Bertz CT molecular complexity index is 446. The Morgan fingerprint density at radius 1 is 1.00 bits per heavy atom. The Balaban J connectivity index is 2.85. The summed E-state index contributed by atoms with van der Waals surface area (Å²) in [6, 6.07) is 8.66. The fourth-order valence-electron chi connectivity index (χ4n) is 1.38. The van der Waals surface area contributed by atoms with Gasteiger partial charge in [0.15, 0.2) is 0 Å². The molecule has 6 nitrogen and oxygen atoms in total. The van der Waals surface area contributed by atoms with E-state index in [4.69, 9.17) is 9.47 Å². The van der Waals surface area contributed by atoms with Crippen molar-refractivity contribution >= 4 is 17.9 Å². The summed E-state index contributed by atoms with van der Waals surface area (Å²) in [6.07, 6.45) is -1.97. The normalized spacial score (nSPS) is 10.3. The van der Waals surface area contributed by atoms with Gasteiger partial charge in [0.25, 0.3) is 0 Å². The molecule has 0 aliphatic carbocycles. The van der Waals surface area contributed by atoms with Gasteiger partial charge in [0.2, 0.25) is 0 Å². The van der Waals surface area contributed by atoms with E-state index in [-0.39, 0.29) is 12.2 Å². The summed E-state index contributed by atoms with van der Waals surface area (Å²) in [5.41, 5.74) is 2.85. The Morgan fingerprint density at radius 2 is 1.55 bits per heavy atom. The van der Waals surface area contributed by atoms with Gasteiger partial charge in [-0.1, -0.05) is 18.2 Å². The highest BCUT2D eigenvalue weighted by Crippen LogP contribution is 2.13. The number of hydrogen-bond donors (Lipinski definition) is 1. The van der Waals surface area contributed by atoms with Crippen molar-refractivity contribution in [3.05, 3.63) is 30.3 Å². The minimum atomic E-state index is -0.718. The van der Waals surface area contributed by atoms with Crippen LogP contribution in [0, 0.1) is 0 Å². The van der Waals surface area contributed by atoms with Crippen LogP contribution in [0.4, 0.5) is 15.3 Å². The number of anilines is 1. The molecule has 1 N–H and O–H groups in total. The molecular weight excluding hydrogens is 260 g/mol. The molecule has 0 heterocycles. The predicted octanol–water partition coefficient (Wildman–Crippen LogP) is 3.09. The van der Waals surface area contributed by atoms with Gasteiger partial charge in [0, 0.05) is 0 Å². The molecule has 0 aromatic heterocycles. The molecule has 0 fully saturated rings. The molecule has 0 atom stereocenters. The van der Waals surface area contributed by atoms with E-state index >= 15 is 0 Å². The topological polar surface area (TPSA) is 67.9 Å². The second kappa shape index (κ2) is 7.37. The van der Waals surface area contributed by atoms with E-state index in [1.54, 1.807) is 52.0 Å². The first-order valence-electron chi connectivity index (χ1n) is 6.43. The van der Waals surface area contributed by atoms with Crippen molar-refractivity contribution in [1.82, 2.24) is 5.43 Å². The number of carbonyl (C=O) groups is 2. The number of hydrazine groups is 1. The van der Waals surface area contributed by atoms with E-state index in [1.807, 2.05) is 6.07 Å². The van der Waals surface area contributed by atoms with Crippen molar-refractivity contribution in [2.75, 3.05) is 5.01 Å². The lowest BCUT2D eigenvalue weighted by Gasteiger charge is -2.23. The van der Waals surface area contributed by atoms with Crippen molar-refractivity contribution in [3.63, 3.8) is 0 Å². The van der Waals surface area contributed by atoms with Crippen LogP contribution < -0.4 is 10.4 Å². The summed E-state index contributed by atoms with van der Waals surface area (Å²) in [7, 11) is 0. The van der Waals surface area contributed by atoms with Gasteiger partial charge in [-0.3, -0.25) is 0 Å². The lowest BCUT2D eigenvalue weighted by molar-refractivity contribution is 0.103. The quantitative estimate of drug-likeness (QED) is 0.864. The predicted molar refractivity (Wildman–Crippen MR) is 75.3 cm³/mol. The third kappa shape index (κ3) is 5.17. The van der Waals surface area contributed by atoms with Gasteiger partial charge in [-0.15, -0.1) is 0 Å². The van der Waals surface area contributed by atoms with E-state index < -0.39 is 12.2 Å². The lowest BCUT2D eigenvalue weighted by atomic mass is 10.3. The lowest BCUT2D eigenvalue weighted by Crippen LogP contribution is -2.48.